The van der Waals surface area contributed by atoms with Crippen LogP contribution >= 0.6 is 0 Å². The normalized spacial score (nSPS) is 17.3. The lowest BCUT2D eigenvalue weighted by atomic mass is 10.4. The van der Waals surface area contributed by atoms with E-state index in [1.165, 1.54) is 12.8 Å². The Morgan fingerprint density at radius 3 is 2.73 bits per heavy atom. The van der Waals surface area contributed by atoms with E-state index in [0.29, 0.717) is 12.5 Å². The Morgan fingerprint density at radius 1 is 1.55 bits per heavy atom. The molecule has 0 amide bonds. The maximum atomic E-state index is 5.46. The molecule has 4 heteroatoms. The third-order valence-electron chi connectivity index (χ3n) is 2.12. The topological polar surface area (TPSA) is 56.7 Å². The van der Waals surface area contributed by atoms with Gasteiger partial charge in [0.15, 0.2) is 0 Å². The van der Waals surface area contributed by atoms with Gasteiger partial charge >= 0.3 is 0 Å². The first-order valence-corrected chi connectivity index (χ1v) is 3.91. The molecule has 0 unspecified atom stereocenters. The second kappa shape index (κ2) is 2.30. The van der Waals surface area contributed by atoms with Crippen LogP contribution in [0.15, 0.2) is 0 Å². The largest absolute Gasteiger partial charge is 0.324 e. The Morgan fingerprint density at radius 2 is 2.27 bits per heavy atom. The molecule has 4 nitrogen and oxygen atoms in total. The van der Waals surface area contributed by atoms with Gasteiger partial charge in [-0.2, -0.15) is 0 Å². The van der Waals surface area contributed by atoms with Gasteiger partial charge in [-0.05, 0) is 12.8 Å². The lowest BCUT2D eigenvalue weighted by Gasteiger charge is -1.98. The summed E-state index contributed by atoms with van der Waals surface area (Å²) in [6, 6.07) is 0. The molecule has 60 valence electrons. The Balaban J connectivity index is 2.33. The number of hydrogen-bond donors (Lipinski definition) is 1. The molecular formula is C7H12N4. The fourth-order valence-electron chi connectivity index (χ4n) is 1.25. The minimum Gasteiger partial charge on any atom is -0.324 e. The summed E-state index contributed by atoms with van der Waals surface area (Å²) in [5.41, 5.74) is 5.46. The highest BCUT2D eigenvalue weighted by atomic mass is 15.3. The summed E-state index contributed by atoms with van der Waals surface area (Å²) in [7, 11) is 1.98. The van der Waals surface area contributed by atoms with E-state index in [-0.39, 0.29) is 0 Å². The van der Waals surface area contributed by atoms with Crippen LogP contribution in [0, 0.1) is 0 Å². The minimum absolute atomic E-state index is 0.482. The molecule has 0 atom stereocenters. The Hall–Kier alpha value is -0.900. The van der Waals surface area contributed by atoms with E-state index >= 15 is 0 Å². The molecule has 1 aliphatic rings. The average molecular weight is 152 g/mol. The molecule has 0 aromatic carbocycles. The predicted molar refractivity (Wildman–Crippen MR) is 40.9 cm³/mol. The number of aromatic nitrogens is 3. The second-order valence-corrected chi connectivity index (χ2v) is 3.01. The molecule has 11 heavy (non-hydrogen) atoms. The van der Waals surface area contributed by atoms with Crippen molar-refractivity contribution in [2.45, 2.75) is 25.3 Å². The zero-order chi connectivity index (χ0) is 7.84. The van der Waals surface area contributed by atoms with E-state index in [1.54, 1.807) is 0 Å². The fourth-order valence-corrected chi connectivity index (χ4v) is 1.25. The number of rotatable bonds is 2. The van der Waals surface area contributed by atoms with E-state index in [2.05, 4.69) is 10.2 Å². The summed E-state index contributed by atoms with van der Waals surface area (Å²) in [6.45, 7) is 0.482. The van der Waals surface area contributed by atoms with E-state index in [9.17, 15) is 0 Å². The molecule has 1 aliphatic carbocycles. The molecule has 2 N–H and O–H groups in total. The van der Waals surface area contributed by atoms with Gasteiger partial charge in [0, 0.05) is 13.0 Å². The zero-order valence-electron chi connectivity index (χ0n) is 6.62. The van der Waals surface area contributed by atoms with Gasteiger partial charge in [0.25, 0.3) is 0 Å². The lowest BCUT2D eigenvalue weighted by molar-refractivity contribution is 0.747. The maximum Gasteiger partial charge on any atom is 0.146 e. The molecule has 0 saturated heterocycles. The quantitative estimate of drug-likeness (QED) is 0.656. The first kappa shape index (κ1) is 6.79. The van der Waals surface area contributed by atoms with Gasteiger partial charge in [-0.25, -0.2) is 0 Å². The Kier molecular flexibility index (Phi) is 1.42. The highest BCUT2D eigenvalue weighted by Crippen LogP contribution is 2.38. The summed E-state index contributed by atoms with van der Waals surface area (Å²) in [5, 5.41) is 8.06. The summed E-state index contributed by atoms with van der Waals surface area (Å²) < 4.78 is 2.01. The van der Waals surface area contributed by atoms with Crippen molar-refractivity contribution in [3.05, 3.63) is 11.6 Å². The molecule has 1 saturated carbocycles. The molecule has 0 radical (unpaired) electrons. The van der Waals surface area contributed by atoms with Crippen molar-refractivity contribution in [1.82, 2.24) is 14.8 Å². The summed E-state index contributed by atoms with van der Waals surface area (Å²) in [6.07, 6.45) is 2.52. The van der Waals surface area contributed by atoms with Crippen molar-refractivity contribution in [2.24, 2.45) is 12.8 Å². The molecular weight excluding hydrogens is 140 g/mol. The van der Waals surface area contributed by atoms with Gasteiger partial charge < -0.3 is 10.3 Å². The standard InChI is InChI=1S/C7H12N4/c1-11-6(4-8)9-10-7(11)5-2-3-5/h5H,2-4,8H2,1H3. The molecule has 2 rings (SSSR count). The van der Waals surface area contributed by atoms with Crippen LogP contribution in [0.25, 0.3) is 0 Å². The smallest absolute Gasteiger partial charge is 0.146 e. The van der Waals surface area contributed by atoms with Gasteiger partial charge in [0.2, 0.25) is 0 Å². The minimum atomic E-state index is 0.482. The van der Waals surface area contributed by atoms with Crippen LogP contribution in [0.2, 0.25) is 0 Å². The fraction of sp³-hybridized carbons (Fsp3) is 0.714. The van der Waals surface area contributed by atoms with E-state index in [4.69, 9.17) is 5.73 Å². The van der Waals surface area contributed by atoms with Gasteiger partial charge in [-0.1, -0.05) is 0 Å². The average Bonchev–Trinajstić information content (AvgIpc) is 2.77. The molecule has 1 heterocycles. The van der Waals surface area contributed by atoms with Crippen LogP contribution in [0.1, 0.15) is 30.4 Å². The second-order valence-electron chi connectivity index (χ2n) is 3.01. The first-order valence-electron chi connectivity index (χ1n) is 3.91. The van der Waals surface area contributed by atoms with E-state index in [1.807, 2.05) is 11.6 Å². The van der Waals surface area contributed by atoms with Crippen molar-refractivity contribution < 1.29 is 0 Å². The number of nitrogens with two attached hydrogens (primary N) is 1. The zero-order valence-corrected chi connectivity index (χ0v) is 6.62. The van der Waals surface area contributed by atoms with E-state index in [0.717, 1.165) is 11.6 Å². The monoisotopic (exact) mass is 152 g/mol. The van der Waals surface area contributed by atoms with Crippen molar-refractivity contribution in [3.63, 3.8) is 0 Å². The lowest BCUT2D eigenvalue weighted by Crippen LogP contribution is -2.06. The van der Waals surface area contributed by atoms with Crippen LogP contribution in [0.3, 0.4) is 0 Å². The Bertz CT molecular complexity index is 261. The number of nitrogens with zero attached hydrogens (tertiary/aromatic N) is 3. The molecule has 1 aromatic rings. The third kappa shape index (κ3) is 1.03. The molecule has 1 aromatic heterocycles. The van der Waals surface area contributed by atoms with Crippen LogP contribution in [-0.4, -0.2) is 14.8 Å². The summed E-state index contributed by atoms with van der Waals surface area (Å²) in [5.74, 6) is 2.64. The third-order valence-corrected chi connectivity index (χ3v) is 2.12. The highest BCUT2D eigenvalue weighted by molar-refractivity contribution is 5.07. The highest BCUT2D eigenvalue weighted by Gasteiger charge is 2.28. The van der Waals surface area contributed by atoms with Gasteiger partial charge in [-0.15, -0.1) is 10.2 Å². The van der Waals surface area contributed by atoms with Gasteiger partial charge in [0.05, 0.1) is 6.54 Å². The van der Waals surface area contributed by atoms with Crippen molar-refractivity contribution >= 4 is 0 Å². The summed E-state index contributed by atoms with van der Waals surface area (Å²) >= 11 is 0. The van der Waals surface area contributed by atoms with E-state index < -0.39 is 0 Å². The SMILES string of the molecule is Cn1c(CN)nnc1C1CC1. The molecule has 0 bridgehead atoms. The summed E-state index contributed by atoms with van der Waals surface area (Å²) in [4.78, 5) is 0. The van der Waals surface area contributed by atoms with Crippen LogP contribution < -0.4 is 5.73 Å². The van der Waals surface area contributed by atoms with Gasteiger partial charge in [0.1, 0.15) is 11.6 Å². The van der Waals surface area contributed by atoms with Crippen molar-refractivity contribution in [3.8, 4) is 0 Å². The van der Waals surface area contributed by atoms with Crippen LogP contribution in [-0.2, 0) is 13.6 Å². The Labute approximate surface area is 65.4 Å². The van der Waals surface area contributed by atoms with Crippen molar-refractivity contribution in [2.75, 3.05) is 0 Å². The van der Waals surface area contributed by atoms with Crippen molar-refractivity contribution in [1.29, 1.82) is 0 Å². The number of hydrogen-bond acceptors (Lipinski definition) is 3. The molecule has 1 fully saturated rings. The molecule has 0 spiro atoms. The first-order chi connectivity index (χ1) is 5.33. The maximum absolute atomic E-state index is 5.46. The van der Waals surface area contributed by atoms with Crippen LogP contribution in [0.5, 0.6) is 0 Å². The van der Waals surface area contributed by atoms with Crippen LogP contribution in [0.4, 0.5) is 0 Å². The molecule has 0 aliphatic heterocycles. The van der Waals surface area contributed by atoms with Gasteiger partial charge in [-0.3, -0.25) is 0 Å². The predicted octanol–water partition coefficient (Wildman–Crippen LogP) is 0.151.